The molecule has 0 unspecified atom stereocenters. The average Bonchev–Trinajstić information content (AvgIpc) is 2.80. The zero-order chi connectivity index (χ0) is 18.9. The van der Waals surface area contributed by atoms with Gasteiger partial charge >= 0.3 is 7.12 Å². The summed E-state index contributed by atoms with van der Waals surface area (Å²) in [6.45, 7) is 8.73. The van der Waals surface area contributed by atoms with Crippen LogP contribution in [0.25, 0.3) is 0 Å². The lowest BCUT2D eigenvalue weighted by atomic mass is 9.79. The van der Waals surface area contributed by atoms with Gasteiger partial charge in [-0.15, -0.1) is 0 Å². The average molecular weight is 371 g/mol. The third kappa shape index (κ3) is 3.75. The number of halogens is 1. The van der Waals surface area contributed by atoms with E-state index in [4.69, 9.17) is 20.9 Å². The molecule has 0 aliphatic carbocycles. The van der Waals surface area contributed by atoms with Gasteiger partial charge in [0.1, 0.15) is 5.15 Å². The van der Waals surface area contributed by atoms with Gasteiger partial charge in [0, 0.05) is 24.8 Å². The van der Waals surface area contributed by atoms with Crippen molar-refractivity contribution in [3.05, 3.63) is 53.1 Å². The Bertz CT molecular complexity index is 848. The molecule has 3 heterocycles. The third-order valence-electron chi connectivity index (χ3n) is 5.13. The van der Waals surface area contributed by atoms with Gasteiger partial charge in [0.15, 0.2) is 18.8 Å². The van der Waals surface area contributed by atoms with E-state index in [9.17, 15) is 5.26 Å². The van der Waals surface area contributed by atoms with Crippen LogP contribution in [0.2, 0.25) is 5.15 Å². The molecule has 1 aliphatic heterocycles. The summed E-state index contributed by atoms with van der Waals surface area (Å²) in [5.41, 5.74) is 1.69. The first-order chi connectivity index (χ1) is 12.2. The van der Waals surface area contributed by atoms with Crippen molar-refractivity contribution in [3.8, 4) is 6.07 Å². The summed E-state index contributed by atoms with van der Waals surface area (Å²) in [7, 11) is -0.472. The molecule has 0 saturated carbocycles. The second-order valence-corrected chi connectivity index (χ2v) is 7.86. The van der Waals surface area contributed by atoms with E-state index < -0.39 is 18.3 Å². The van der Waals surface area contributed by atoms with Gasteiger partial charge in [-0.1, -0.05) is 11.6 Å². The molecular formula is C19H22BClN3O2+. The van der Waals surface area contributed by atoms with Crippen molar-refractivity contribution >= 4 is 24.2 Å². The van der Waals surface area contributed by atoms with E-state index in [1.165, 1.54) is 0 Å². The predicted octanol–water partition coefficient (Wildman–Crippen LogP) is 2.44. The molecule has 134 valence electrons. The van der Waals surface area contributed by atoms with Crippen molar-refractivity contribution in [2.45, 2.75) is 51.9 Å². The maximum absolute atomic E-state index is 9.55. The van der Waals surface area contributed by atoms with Crippen molar-refractivity contribution in [1.29, 1.82) is 5.26 Å². The highest BCUT2D eigenvalue weighted by Gasteiger charge is 2.52. The monoisotopic (exact) mass is 370 g/mol. The fourth-order valence-corrected chi connectivity index (χ4v) is 3.01. The van der Waals surface area contributed by atoms with Gasteiger partial charge in [0.05, 0.1) is 11.2 Å². The highest BCUT2D eigenvalue weighted by molar-refractivity contribution is 6.62. The third-order valence-corrected chi connectivity index (χ3v) is 5.34. The van der Waals surface area contributed by atoms with Crippen LogP contribution in [0.15, 0.2) is 36.7 Å². The summed E-state index contributed by atoms with van der Waals surface area (Å²) in [6.07, 6.45) is 4.36. The van der Waals surface area contributed by atoms with Crippen LogP contribution in [0.1, 0.15) is 39.0 Å². The van der Waals surface area contributed by atoms with Crippen molar-refractivity contribution in [2.75, 3.05) is 0 Å². The molecule has 2 aromatic heterocycles. The Balaban J connectivity index is 1.78. The smallest absolute Gasteiger partial charge is 0.399 e. The fourth-order valence-electron chi connectivity index (χ4n) is 2.81. The normalized spacial score (nSPS) is 17.9. The first kappa shape index (κ1) is 18.8. The molecule has 0 atom stereocenters. The molecule has 0 radical (unpaired) electrons. The van der Waals surface area contributed by atoms with Crippen LogP contribution in [0.4, 0.5) is 0 Å². The number of aromatic nitrogens is 2. The molecule has 7 heteroatoms. The number of hydrogen-bond donors (Lipinski definition) is 0. The first-order valence-electron chi connectivity index (χ1n) is 8.61. The molecule has 0 spiro atoms. The summed E-state index contributed by atoms with van der Waals surface area (Å²) >= 11 is 5.93. The van der Waals surface area contributed by atoms with Crippen LogP contribution in [0, 0.1) is 11.3 Å². The minimum atomic E-state index is -0.472. The highest BCUT2D eigenvalue weighted by Crippen LogP contribution is 2.36. The van der Waals surface area contributed by atoms with Crippen LogP contribution < -0.4 is 10.0 Å². The van der Waals surface area contributed by atoms with Gasteiger partial charge < -0.3 is 9.31 Å². The van der Waals surface area contributed by atoms with Gasteiger partial charge in [-0.05, 0) is 50.9 Å². The largest absolute Gasteiger partial charge is 0.495 e. The molecule has 1 saturated heterocycles. The van der Waals surface area contributed by atoms with E-state index in [-0.39, 0.29) is 0 Å². The lowest BCUT2D eigenvalue weighted by molar-refractivity contribution is -0.698. The van der Waals surface area contributed by atoms with Crippen molar-refractivity contribution in [1.82, 2.24) is 4.98 Å². The minimum absolute atomic E-state index is 0.406. The van der Waals surface area contributed by atoms with E-state index in [0.29, 0.717) is 17.4 Å². The predicted molar refractivity (Wildman–Crippen MR) is 100 cm³/mol. The first-order valence-corrected chi connectivity index (χ1v) is 8.99. The van der Waals surface area contributed by atoms with Crippen molar-refractivity contribution in [2.24, 2.45) is 0 Å². The lowest BCUT2D eigenvalue weighted by Crippen LogP contribution is -2.43. The summed E-state index contributed by atoms with van der Waals surface area (Å²) in [5.74, 6) is 0. The Morgan fingerprint density at radius 1 is 1.19 bits per heavy atom. The molecule has 5 nitrogen and oxygen atoms in total. The van der Waals surface area contributed by atoms with E-state index in [1.807, 2.05) is 62.7 Å². The molecule has 0 aromatic carbocycles. The van der Waals surface area contributed by atoms with Gasteiger partial charge in [-0.2, -0.15) is 9.83 Å². The quantitative estimate of drug-likeness (QED) is 0.471. The van der Waals surface area contributed by atoms with Crippen molar-refractivity contribution in [3.63, 3.8) is 0 Å². The Morgan fingerprint density at radius 3 is 2.50 bits per heavy atom. The van der Waals surface area contributed by atoms with E-state index in [1.54, 1.807) is 6.20 Å². The Labute approximate surface area is 159 Å². The molecule has 1 fully saturated rings. The van der Waals surface area contributed by atoms with Crippen LogP contribution in [-0.2, 0) is 22.3 Å². The molecule has 26 heavy (non-hydrogen) atoms. The number of hydrogen-bond acceptors (Lipinski definition) is 4. The molecule has 0 amide bonds. The van der Waals surface area contributed by atoms with E-state index >= 15 is 0 Å². The number of pyridine rings is 2. The molecular weight excluding hydrogens is 348 g/mol. The Hall–Kier alpha value is -1.94. The highest BCUT2D eigenvalue weighted by atomic mass is 35.5. The summed E-state index contributed by atoms with van der Waals surface area (Å²) in [5, 5.41) is 10.0. The summed E-state index contributed by atoms with van der Waals surface area (Å²) in [4.78, 5) is 3.99. The second kappa shape index (κ2) is 7.00. The maximum Gasteiger partial charge on any atom is 0.495 e. The van der Waals surface area contributed by atoms with Crippen LogP contribution >= 0.6 is 11.6 Å². The van der Waals surface area contributed by atoms with Gasteiger partial charge in [-0.3, -0.25) is 0 Å². The van der Waals surface area contributed by atoms with Gasteiger partial charge in [-0.25, -0.2) is 4.98 Å². The molecule has 2 aromatic rings. The zero-order valence-corrected chi connectivity index (χ0v) is 16.2. The fraction of sp³-hybridized carbons (Fsp3) is 0.421. The zero-order valence-electron chi connectivity index (χ0n) is 15.5. The molecule has 0 N–H and O–H groups in total. The topological polar surface area (TPSA) is 59.0 Å². The van der Waals surface area contributed by atoms with Gasteiger partial charge in [0.2, 0.25) is 0 Å². The van der Waals surface area contributed by atoms with E-state index in [0.717, 1.165) is 17.4 Å². The van der Waals surface area contributed by atoms with Crippen molar-refractivity contribution < 1.29 is 13.9 Å². The Kier molecular flexibility index (Phi) is 5.07. The second-order valence-electron chi connectivity index (χ2n) is 7.48. The summed E-state index contributed by atoms with van der Waals surface area (Å²) < 4.78 is 14.1. The molecule has 0 bridgehead atoms. The lowest BCUT2D eigenvalue weighted by Gasteiger charge is -2.32. The minimum Gasteiger partial charge on any atom is -0.399 e. The summed E-state index contributed by atoms with van der Waals surface area (Å²) in [6, 6.07) is 9.81. The van der Waals surface area contributed by atoms with E-state index in [2.05, 4.69) is 11.1 Å². The number of rotatable bonds is 4. The van der Waals surface area contributed by atoms with Crippen LogP contribution in [-0.4, -0.2) is 23.3 Å². The maximum atomic E-state index is 9.55. The van der Waals surface area contributed by atoms with Crippen LogP contribution in [0.3, 0.4) is 0 Å². The molecule has 3 rings (SSSR count). The molecule has 1 aliphatic rings. The number of nitrogens with zero attached hydrogens (tertiary/aromatic N) is 3. The number of nitriles is 1. The van der Waals surface area contributed by atoms with Crippen LogP contribution in [0.5, 0.6) is 0 Å². The standard InChI is InChI=1S/C19H22BClN3O2/c1-18(2)19(3,4)26-20(25-18)15-7-10-24(16(12-15)13-22)9-6-14-5-8-23-17(21)11-14/h5,7-8,10-12H,6,9H2,1-4H3/q+1. The van der Waals surface area contributed by atoms with Gasteiger partial charge in [0.25, 0.3) is 5.69 Å². The Morgan fingerprint density at radius 2 is 1.88 bits per heavy atom. The SMILES string of the molecule is CC1(C)OB(c2cc[n+](CCc3ccnc(Cl)c3)c(C#N)c2)OC1(C)C. The number of aryl methyl sites for hydroxylation is 2.